The average Bonchev–Trinajstić information content (AvgIpc) is 3.32. The molecule has 30 heavy (non-hydrogen) atoms. The predicted molar refractivity (Wildman–Crippen MR) is 114 cm³/mol. The van der Waals surface area contributed by atoms with Crippen molar-refractivity contribution in [2.45, 2.75) is 39.3 Å². The van der Waals surface area contributed by atoms with E-state index in [1.807, 2.05) is 39.1 Å². The molecular weight excluding hydrogens is 406 g/mol. The number of H-pyrrole nitrogens is 1. The molecule has 2 atom stereocenters. The van der Waals surface area contributed by atoms with Crippen molar-refractivity contribution in [3.8, 4) is 17.0 Å². The maximum atomic E-state index is 11.8. The van der Waals surface area contributed by atoms with Gasteiger partial charge in [-0.2, -0.15) is 14.6 Å². The first-order chi connectivity index (χ1) is 14.2. The van der Waals surface area contributed by atoms with Crippen LogP contribution in [0.25, 0.3) is 16.8 Å². The van der Waals surface area contributed by atoms with Gasteiger partial charge in [0, 0.05) is 36.5 Å². The van der Waals surface area contributed by atoms with Crippen molar-refractivity contribution in [2.75, 3.05) is 24.7 Å². The molecule has 0 amide bonds. The SMILES string of the molecule is CC(C)Oc1c(-c2cn[nH]c2)ccc2nc(NC3CCN(S(C)(=O)=O)CC3C)nn12. The summed E-state index contributed by atoms with van der Waals surface area (Å²) in [4.78, 5) is 4.60. The molecule has 10 nitrogen and oxygen atoms in total. The molecule has 2 N–H and O–H groups in total. The highest BCUT2D eigenvalue weighted by atomic mass is 32.2. The van der Waals surface area contributed by atoms with Gasteiger partial charge >= 0.3 is 0 Å². The van der Waals surface area contributed by atoms with Crippen molar-refractivity contribution in [2.24, 2.45) is 5.92 Å². The Balaban J connectivity index is 1.62. The maximum absolute atomic E-state index is 11.8. The molecule has 0 saturated carbocycles. The lowest BCUT2D eigenvalue weighted by molar-refractivity contribution is 0.228. The second kappa shape index (κ2) is 7.88. The number of aromatic nitrogens is 5. The highest BCUT2D eigenvalue weighted by Crippen LogP contribution is 2.31. The van der Waals surface area contributed by atoms with Gasteiger partial charge in [-0.1, -0.05) is 6.92 Å². The van der Waals surface area contributed by atoms with Crippen LogP contribution in [0.1, 0.15) is 27.2 Å². The van der Waals surface area contributed by atoms with Gasteiger partial charge in [0.05, 0.1) is 18.6 Å². The summed E-state index contributed by atoms with van der Waals surface area (Å²) in [6.45, 7) is 6.93. The molecule has 0 spiro atoms. The number of nitrogens with zero attached hydrogens (tertiary/aromatic N) is 5. The molecule has 0 bridgehead atoms. The highest BCUT2D eigenvalue weighted by molar-refractivity contribution is 7.88. The minimum atomic E-state index is -3.17. The van der Waals surface area contributed by atoms with Crippen molar-refractivity contribution in [1.29, 1.82) is 0 Å². The van der Waals surface area contributed by atoms with Gasteiger partial charge < -0.3 is 10.1 Å². The number of sulfonamides is 1. The van der Waals surface area contributed by atoms with Crippen LogP contribution in [0.4, 0.5) is 5.95 Å². The highest BCUT2D eigenvalue weighted by Gasteiger charge is 2.31. The van der Waals surface area contributed by atoms with E-state index in [0.717, 1.165) is 11.1 Å². The van der Waals surface area contributed by atoms with Crippen LogP contribution in [-0.2, 0) is 10.0 Å². The number of nitrogens with one attached hydrogen (secondary N) is 2. The van der Waals surface area contributed by atoms with Gasteiger partial charge in [0.15, 0.2) is 5.65 Å². The lowest BCUT2D eigenvalue weighted by Crippen LogP contribution is -2.47. The van der Waals surface area contributed by atoms with Crippen LogP contribution in [0.2, 0.25) is 0 Å². The molecule has 2 unspecified atom stereocenters. The molecule has 0 radical (unpaired) electrons. The Morgan fingerprint density at radius 1 is 1.33 bits per heavy atom. The third kappa shape index (κ3) is 4.12. The molecule has 4 heterocycles. The fourth-order valence-electron chi connectivity index (χ4n) is 3.73. The zero-order valence-electron chi connectivity index (χ0n) is 17.5. The summed E-state index contributed by atoms with van der Waals surface area (Å²) in [5.74, 6) is 1.23. The van der Waals surface area contributed by atoms with Crippen LogP contribution >= 0.6 is 0 Å². The van der Waals surface area contributed by atoms with E-state index in [0.29, 0.717) is 37.0 Å². The molecular formula is C19H27N7O3S. The zero-order valence-corrected chi connectivity index (χ0v) is 18.3. The van der Waals surface area contributed by atoms with Crippen molar-refractivity contribution < 1.29 is 13.2 Å². The molecule has 11 heteroatoms. The summed E-state index contributed by atoms with van der Waals surface area (Å²) in [5, 5.41) is 14.9. The molecule has 1 fully saturated rings. The van der Waals surface area contributed by atoms with Crippen LogP contribution in [0.5, 0.6) is 5.88 Å². The standard InChI is InChI=1S/C19H27N7O3S/c1-12(2)29-18-15(14-9-20-21-10-14)5-6-17-23-19(24-26(17)18)22-16-7-8-25(11-13(16)3)30(4,27)28/h5-6,9-10,12-13,16H,7-8,11H2,1-4H3,(H,20,21)(H,22,24). The Labute approximate surface area is 175 Å². The van der Waals surface area contributed by atoms with Gasteiger partial charge in [0.1, 0.15) is 0 Å². The molecule has 4 rings (SSSR count). The minimum absolute atomic E-state index is 0.0396. The van der Waals surface area contributed by atoms with E-state index in [1.54, 1.807) is 10.7 Å². The van der Waals surface area contributed by atoms with Gasteiger partial charge in [-0.05, 0) is 38.3 Å². The molecule has 1 aliphatic rings. The third-order valence-electron chi connectivity index (χ3n) is 5.26. The van der Waals surface area contributed by atoms with Crippen LogP contribution in [0, 0.1) is 5.92 Å². The monoisotopic (exact) mass is 433 g/mol. The quantitative estimate of drug-likeness (QED) is 0.610. The Morgan fingerprint density at radius 3 is 2.77 bits per heavy atom. The largest absolute Gasteiger partial charge is 0.474 e. The zero-order chi connectivity index (χ0) is 21.5. The topological polar surface area (TPSA) is 118 Å². The van der Waals surface area contributed by atoms with Crippen LogP contribution < -0.4 is 10.1 Å². The number of hydrogen-bond acceptors (Lipinski definition) is 7. The minimum Gasteiger partial charge on any atom is -0.474 e. The van der Waals surface area contributed by atoms with E-state index in [1.165, 1.54) is 10.6 Å². The second-order valence-electron chi connectivity index (χ2n) is 8.05. The van der Waals surface area contributed by atoms with Gasteiger partial charge in [-0.25, -0.2) is 12.7 Å². The predicted octanol–water partition coefficient (Wildman–Crippen LogP) is 1.99. The number of anilines is 1. The van der Waals surface area contributed by atoms with Gasteiger partial charge in [-0.3, -0.25) is 5.10 Å². The van der Waals surface area contributed by atoms with E-state index in [-0.39, 0.29) is 18.1 Å². The number of fused-ring (bicyclic) bond motifs is 1. The fourth-order valence-corrected chi connectivity index (χ4v) is 4.67. The first kappa shape index (κ1) is 20.6. The number of piperidine rings is 1. The lowest BCUT2D eigenvalue weighted by Gasteiger charge is -2.35. The average molecular weight is 434 g/mol. The summed E-state index contributed by atoms with van der Waals surface area (Å²) < 4.78 is 33.0. The first-order valence-corrected chi connectivity index (χ1v) is 11.8. The summed E-state index contributed by atoms with van der Waals surface area (Å²) in [7, 11) is -3.17. The maximum Gasteiger partial charge on any atom is 0.243 e. The van der Waals surface area contributed by atoms with Crippen molar-refractivity contribution >= 4 is 21.6 Å². The van der Waals surface area contributed by atoms with E-state index in [9.17, 15) is 8.42 Å². The Kier molecular flexibility index (Phi) is 5.41. The van der Waals surface area contributed by atoms with Crippen molar-refractivity contribution in [3.63, 3.8) is 0 Å². The molecule has 162 valence electrons. The van der Waals surface area contributed by atoms with Gasteiger partial charge in [0.2, 0.25) is 21.9 Å². The van der Waals surface area contributed by atoms with E-state index >= 15 is 0 Å². The molecule has 1 aliphatic heterocycles. The molecule has 0 aromatic carbocycles. The number of ether oxygens (including phenoxy) is 1. The first-order valence-electron chi connectivity index (χ1n) is 9.99. The number of rotatable bonds is 6. The van der Waals surface area contributed by atoms with Crippen molar-refractivity contribution in [1.82, 2.24) is 29.1 Å². The molecule has 0 aliphatic carbocycles. The van der Waals surface area contributed by atoms with Crippen LogP contribution in [-0.4, -0.2) is 69.0 Å². The lowest BCUT2D eigenvalue weighted by atomic mass is 9.95. The number of pyridine rings is 1. The molecule has 3 aromatic rings. The van der Waals surface area contributed by atoms with Crippen LogP contribution in [0.15, 0.2) is 24.5 Å². The Hall–Kier alpha value is -2.66. The second-order valence-corrected chi connectivity index (χ2v) is 10.0. The summed E-state index contributed by atoms with van der Waals surface area (Å²) in [5.41, 5.74) is 2.44. The Bertz CT molecular complexity index is 1120. The number of hydrogen-bond donors (Lipinski definition) is 2. The van der Waals surface area contributed by atoms with E-state index < -0.39 is 10.0 Å². The molecule has 1 saturated heterocycles. The van der Waals surface area contributed by atoms with Crippen molar-refractivity contribution in [3.05, 3.63) is 24.5 Å². The van der Waals surface area contributed by atoms with E-state index in [4.69, 9.17) is 4.74 Å². The Morgan fingerprint density at radius 2 is 2.13 bits per heavy atom. The van der Waals surface area contributed by atoms with E-state index in [2.05, 4.69) is 25.6 Å². The molecule has 3 aromatic heterocycles. The summed E-state index contributed by atoms with van der Waals surface area (Å²) >= 11 is 0. The summed E-state index contributed by atoms with van der Waals surface area (Å²) in [6, 6.07) is 3.93. The van der Waals surface area contributed by atoms with Gasteiger partial charge in [0.25, 0.3) is 0 Å². The smallest absolute Gasteiger partial charge is 0.243 e. The summed E-state index contributed by atoms with van der Waals surface area (Å²) in [6.07, 6.45) is 5.45. The normalized spacial score (nSPS) is 20.7. The third-order valence-corrected chi connectivity index (χ3v) is 6.53. The van der Waals surface area contributed by atoms with Crippen LogP contribution in [0.3, 0.4) is 0 Å². The fraction of sp³-hybridized carbons (Fsp3) is 0.526. The number of aromatic amines is 1. The van der Waals surface area contributed by atoms with Gasteiger partial charge in [-0.15, -0.1) is 5.10 Å².